The molecular weight excluding hydrogens is 252 g/mol. The van der Waals surface area contributed by atoms with E-state index < -0.39 is 0 Å². The zero-order chi connectivity index (χ0) is 13.0. The Morgan fingerprint density at radius 3 is 2.50 bits per heavy atom. The number of hydrogen-bond acceptors (Lipinski definition) is 4. The summed E-state index contributed by atoms with van der Waals surface area (Å²) in [6, 6.07) is 8.50. The van der Waals surface area contributed by atoms with E-state index in [-0.39, 0.29) is 16.8 Å². The van der Waals surface area contributed by atoms with Crippen LogP contribution in [0.1, 0.15) is 16.1 Å². The quantitative estimate of drug-likeness (QED) is 0.896. The Bertz CT molecular complexity index is 601. The van der Waals surface area contributed by atoms with Crippen molar-refractivity contribution in [2.24, 2.45) is 0 Å². The van der Waals surface area contributed by atoms with Crippen LogP contribution in [0.15, 0.2) is 36.7 Å². The van der Waals surface area contributed by atoms with E-state index in [2.05, 4.69) is 15.3 Å². The van der Waals surface area contributed by atoms with Gasteiger partial charge in [-0.2, -0.15) is 5.26 Å². The molecule has 88 valence electrons. The Morgan fingerprint density at radius 2 is 1.94 bits per heavy atom. The van der Waals surface area contributed by atoms with Crippen molar-refractivity contribution in [3.05, 3.63) is 53.1 Å². The van der Waals surface area contributed by atoms with Crippen molar-refractivity contribution in [2.75, 3.05) is 5.32 Å². The van der Waals surface area contributed by atoms with Crippen molar-refractivity contribution in [1.82, 2.24) is 9.97 Å². The highest BCUT2D eigenvalue weighted by Gasteiger charge is 2.07. The highest BCUT2D eigenvalue weighted by atomic mass is 35.5. The van der Waals surface area contributed by atoms with Crippen LogP contribution in [0.25, 0.3) is 0 Å². The molecule has 0 atom stereocenters. The van der Waals surface area contributed by atoms with Crippen LogP contribution in [0.4, 0.5) is 5.69 Å². The van der Waals surface area contributed by atoms with Gasteiger partial charge in [0.15, 0.2) is 0 Å². The maximum Gasteiger partial charge on any atom is 0.275 e. The van der Waals surface area contributed by atoms with Crippen molar-refractivity contribution in [3.63, 3.8) is 0 Å². The van der Waals surface area contributed by atoms with Gasteiger partial charge < -0.3 is 5.32 Å². The molecule has 18 heavy (non-hydrogen) atoms. The maximum absolute atomic E-state index is 11.8. The van der Waals surface area contributed by atoms with Crippen LogP contribution >= 0.6 is 11.6 Å². The second-order valence-corrected chi connectivity index (χ2v) is 3.75. The van der Waals surface area contributed by atoms with Crippen LogP contribution in [0.2, 0.25) is 5.15 Å². The van der Waals surface area contributed by atoms with Gasteiger partial charge in [-0.25, -0.2) is 9.97 Å². The lowest BCUT2D eigenvalue weighted by Gasteiger charge is -2.04. The van der Waals surface area contributed by atoms with Gasteiger partial charge >= 0.3 is 0 Å². The number of hydrogen-bond donors (Lipinski definition) is 1. The van der Waals surface area contributed by atoms with Crippen LogP contribution in [0, 0.1) is 11.3 Å². The standard InChI is InChI=1S/C12H7ClN4O/c13-11-7-15-10(6-16-11)12(18)17-9-3-1-8(5-14)2-4-9/h1-4,6-7H,(H,17,18). The van der Waals surface area contributed by atoms with Gasteiger partial charge in [-0.15, -0.1) is 0 Å². The molecule has 0 fully saturated rings. The Morgan fingerprint density at radius 1 is 1.22 bits per heavy atom. The number of nitriles is 1. The van der Waals surface area contributed by atoms with E-state index in [1.807, 2.05) is 6.07 Å². The van der Waals surface area contributed by atoms with Crippen LogP contribution < -0.4 is 5.32 Å². The van der Waals surface area contributed by atoms with Crippen molar-refractivity contribution in [1.29, 1.82) is 5.26 Å². The number of amides is 1. The molecule has 0 aliphatic heterocycles. The zero-order valence-corrected chi connectivity index (χ0v) is 9.85. The first kappa shape index (κ1) is 12.0. The van der Waals surface area contributed by atoms with Crippen LogP contribution in [-0.4, -0.2) is 15.9 Å². The second kappa shape index (κ2) is 5.25. The number of carbonyl (C=O) groups excluding carboxylic acids is 1. The molecule has 2 aromatic rings. The zero-order valence-electron chi connectivity index (χ0n) is 9.09. The van der Waals surface area contributed by atoms with Gasteiger partial charge in [0.05, 0.1) is 24.0 Å². The topological polar surface area (TPSA) is 78.7 Å². The molecule has 1 aromatic carbocycles. The third-order valence-corrected chi connectivity index (χ3v) is 2.32. The van der Waals surface area contributed by atoms with Gasteiger partial charge in [0.2, 0.25) is 0 Å². The molecule has 6 heteroatoms. The van der Waals surface area contributed by atoms with E-state index in [9.17, 15) is 4.79 Å². The molecule has 0 aliphatic carbocycles. The van der Waals surface area contributed by atoms with E-state index in [0.29, 0.717) is 11.3 Å². The van der Waals surface area contributed by atoms with Crippen LogP contribution in [0.5, 0.6) is 0 Å². The second-order valence-electron chi connectivity index (χ2n) is 3.37. The van der Waals surface area contributed by atoms with Crippen molar-refractivity contribution in [2.45, 2.75) is 0 Å². The summed E-state index contributed by atoms with van der Waals surface area (Å²) in [4.78, 5) is 19.4. The molecule has 0 spiro atoms. The molecule has 0 radical (unpaired) electrons. The minimum atomic E-state index is -0.385. The van der Waals surface area contributed by atoms with Gasteiger partial charge in [-0.1, -0.05) is 11.6 Å². The van der Waals surface area contributed by atoms with Crippen molar-refractivity contribution >= 4 is 23.2 Å². The van der Waals surface area contributed by atoms with Crippen LogP contribution in [0.3, 0.4) is 0 Å². The van der Waals surface area contributed by atoms with E-state index in [1.54, 1.807) is 24.3 Å². The molecule has 1 amide bonds. The molecule has 0 bridgehead atoms. The molecule has 1 N–H and O–H groups in total. The summed E-state index contributed by atoms with van der Waals surface area (Å²) in [7, 11) is 0. The molecule has 0 unspecified atom stereocenters. The molecule has 1 heterocycles. The Balaban J connectivity index is 2.11. The lowest BCUT2D eigenvalue weighted by molar-refractivity contribution is 0.102. The summed E-state index contributed by atoms with van der Waals surface area (Å²) >= 11 is 5.57. The fraction of sp³-hybridized carbons (Fsp3) is 0. The van der Waals surface area contributed by atoms with Crippen molar-refractivity contribution in [3.8, 4) is 6.07 Å². The number of anilines is 1. The van der Waals surface area contributed by atoms with Gasteiger partial charge in [-0.3, -0.25) is 4.79 Å². The number of carbonyl (C=O) groups is 1. The fourth-order valence-electron chi connectivity index (χ4n) is 1.25. The Hall–Kier alpha value is -2.45. The Kier molecular flexibility index (Phi) is 3.51. The van der Waals surface area contributed by atoms with Gasteiger partial charge in [0, 0.05) is 5.69 Å². The summed E-state index contributed by atoms with van der Waals surface area (Å²) in [6.07, 6.45) is 2.59. The predicted octanol–water partition coefficient (Wildman–Crippen LogP) is 2.25. The third-order valence-electron chi connectivity index (χ3n) is 2.12. The minimum Gasteiger partial charge on any atom is -0.321 e. The van der Waals surface area contributed by atoms with E-state index >= 15 is 0 Å². The number of aromatic nitrogens is 2. The average molecular weight is 259 g/mol. The van der Waals surface area contributed by atoms with Gasteiger partial charge in [0.25, 0.3) is 5.91 Å². The molecule has 2 rings (SSSR count). The molecule has 5 nitrogen and oxygen atoms in total. The number of benzene rings is 1. The third kappa shape index (κ3) is 2.81. The monoisotopic (exact) mass is 258 g/mol. The van der Waals surface area contributed by atoms with E-state index in [0.717, 1.165) is 0 Å². The van der Waals surface area contributed by atoms with Crippen molar-refractivity contribution < 1.29 is 4.79 Å². The summed E-state index contributed by atoms with van der Waals surface area (Å²) < 4.78 is 0. The van der Waals surface area contributed by atoms with Gasteiger partial charge in [0.1, 0.15) is 10.8 Å². The largest absolute Gasteiger partial charge is 0.321 e. The minimum absolute atomic E-state index is 0.170. The smallest absolute Gasteiger partial charge is 0.275 e. The maximum atomic E-state index is 11.8. The summed E-state index contributed by atoms with van der Waals surface area (Å²) in [5.74, 6) is -0.385. The molecule has 0 aliphatic rings. The highest BCUT2D eigenvalue weighted by molar-refractivity contribution is 6.29. The first-order chi connectivity index (χ1) is 8.69. The summed E-state index contributed by atoms with van der Waals surface area (Å²) in [6.45, 7) is 0. The lowest BCUT2D eigenvalue weighted by atomic mass is 10.2. The molecule has 0 saturated carbocycles. The Labute approximate surface area is 108 Å². The number of nitrogens with one attached hydrogen (secondary N) is 1. The molecule has 0 saturated heterocycles. The highest BCUT2D eigenvalue weighted by Crippen LogP contribution is 2.10. The lowest BCUT2D eigenvalue weighted by Crippen LogP contribution is -2.13. The normalized spacial score (nSPS) is 9.56. The first-order valence-corrected chi connectivity index (χ1v) is 5.36. The number of halogens is 1. The predicted molar refractivity (Wildman–Crippen MR) is 66.2 cm³/mol. The summed E-state index contributed by atoms with van der Waals surface area (Å²) in [5, 5.41) is 11.5. The van der Waals surface area contributed by atoms with E-state index in [4.69, 9.17) is 16.9 Å². The fourth-order valence-corrected chi connectivity index (χ4v) is 1.35. The first-order valence-electron chi connectivity index (χ1n) is 4.98. The van der Waals surface area contributed by atoms with Gasteiger partial charge in [-0.05, 0) is 24.3 Å². The summed E-state index contributed by atoms with van der Waals surface area (Å²) in [5.41, 5.74) is 1.28. The SMILES string of the molecule is N#Cc1ccc(NC(=O)c2cnc(Cl)cn2)cc1. The number of rotatable bonds is 2. The van der Waals surface area contributed by atoms with E-state index in [1.165, 1.54) is 12.4 Å². The molecule has 1 aromatic heterocycles. The molecular formula is C12H7ClN4O. The average Bonchev–Trinajstić information content (AvgIpc) is 2.40. The van der Waals surface area contributed by atoms with Crippen LogP contribution in [-0.2, 0) is 0 Å². The number of nitrogens with zero attached hydrogens (tertiary/aromatic N) is 3.